The van der Waals surface area contributed by atoms with Gasteiger partial charge in [0, 0.05) is 9.90 Å². The van der Waals surface area contributed by atoms with Crippen molar-refractivity contribution in [1.82, 2.24) is 9.55 Å². The molecule has 0 N–H and O–H groups in total. The zero-order valence-corrected chi connectivity index (χ0v) is 13.1. The summed E-state index contributed by atoms with van der Waals surface area (Å²) >= 11 is 7.52. The quantitative estimate of drug-likeness (QED) is 0.717. The fourth-order valence-electron chi connectivity index (χ4n) is 2.22. The van der Waals surface area contributed by atoms with Gasteiger partial charge in [0.25, 0.3) is 5.56 Å². The zero-order valence-electron chi connectivity index (χ0n) is 11.5. The first kappa shape index (κ1) is 14.2. The van der Waals surface area contributed by atoms with Gasteiger partial charge in [-0.2, -0.15) is 0 Å². The van der Waals surface area contributed by atoms with Gasteiger partial charge in [-0.05, 0) is 37.1 Å². The molecule has 0 fully saturated rings. The lowest BCUT2D eigenvalue weighted by atomic mass is 10.2. The molecule has 0 aliphatic rings. The van der Waals surface area contributed by atoms with E-state index in [4.69, 9.17) is 11.6 Å². The van der Waals surface area contributed by atoms with E-state index in [1.54, 1.807) is 6.07 Å². The van der Waals surface area contributed by atoms with E-state index in [1.165, 1.54) is 34.4 Å². The number of halogens is 2. The summed E-state index contributed by atoms with van der Waals surface area (Å²) in [7, 11) is 0. The van der Waals surface area contributed by atoms with Gasteiger partial charge in [-0.3, -0.25) is 9.36 Å². The first-order valence-electron chi connectivity index (χ1n) is 6.36. The van der Waals surface area contributed by atoms with Gasteiger partial charge in [0.1, 0.15) is 10.6 Å². The monoisotopic (exact) mass is 322 g/mol. The summed E-state index contributed by atoms with van der Waals surface area (Å²) < 4.78 is 14.6. The maximum atomic E-state index is 13.1. The molecular weight excluding hydrogens is 311 g/mol. The van der Waals surface area contributed by atoms with Gasteiger partial charge in [-0.15, -0.1) is 11.3 Å². The second-order valence-corrected chi connectivity index (χ2v) is 6.49. The number of thiophene rings is 1. The summed E-state index contributed by atoms with van der Waals surface area (Å²) in [6, 6.07) is 4.16. The lowest BCUT2D eigenvalue weighted by Gasteiger charge is -2.07. The van der Waals surface area contributed by atoms with Crippen molar-refractivity contribution in [2.24, 2.45) is 0 Å². The zero-order chi connectivity index (χ0) is 15.1. The van der Waals surface area contributed by atoms with Crippen LogP contribution in [0.1, 0.15) is 16.0 Å². The van der Waals surface area contributed by atoms with Crippen LogP contribution in [0, 0.1) is 19.7 Å². The maximum Gasteiger partial charge on any atom is 0.262 e. The highest BCUT2D eigenvalue weighted by molar-refractivity contribution is 7.18. The number of aromatic nitrogens is 2. The molecule has 21 heavy (non-hydrogen) atoms. The van der Waals surface area contributed by atoms with E-state index in [-0.39, 0.29) is 12.1 Å². The molecule has 0 unspecified atom stereocenters. The number of aryl methyl sites for hydroxylation is 2. The summed E-state index contributed by atoms with van der Waals surface area (Å²) in [5.41, 5.74) is 1.56. The van der Waals surface area contributed by atoms with Gasteiger partial charge in [0.2, 0.25) is 0 Å². The molecular formula is C15H12ClFN2OS. The van der Waals surface area contributed by atoms with E-state index in [9.17, 15) is 9.18 Å². The van der Waals surface area contributed by atoms with E-state index in [0.717, 1.165) is 15.3 Å². The summed E-state index contributed by atoms with van der Waals surface area (Å²) in [6.07, 6.45) is 1.51. The number of nitrogens with zero attached hydrogens (tertiary/aromatic N) is 2. The second kappa shape index (κ2) is 5.24. The van der Waals surface area contributed by atoms with Crippen molar-refractivity contribution in [2.75, 3.05) is 0 Å². The van der Waals surface area contributed by atoms with E-state index < -0.39 is 5.82 Å². The number of hydrogen-bond donors (Lipinski definition) is 0. The van der Waals surface area contributed by atoms with Crippen molar-refractivity contribution in [3.63, 3.8) is 0 Å². The number of benzene rings is 1. The Labute approximate surface area is 129 Å². The molecule has 0 aliphatic carbocycles. The molecule has 0 aliphatic heterocycles. The minimum Gasteiger partial charge on any atom is -0.294 e. The van der Waals surface area contributed by atoms with Gasteiger partial charge in [-0.25, -0.2) is 9.37 Å². The molecule has 3 rings (SSSR count). The third kappa shape index (κ3) is 2.47. The van der Waals surface area contributed by atoms with Crippen LogP contribution in [0.2, 0.25) is 5.02 Å². The van der Waals surface area contributed by atoms with Gasteiger partial charge in [0.15, 0.2) is 0 Å². The third-order valence-corrected chi connectivity index (χ3v) is 4.98. The highest BCUT2D eigenvalue weighted by atomic mass is 35.5. The molecule has 0 saturated carbocycles. The lowest BCUT2D eigenvalue weighted by molar-refractivity contribution is 0.626. The Kier molecular flexibility index (Phi) is 3.55. The van der Waals surface area contributed by atoms with Crippen LogP contribution in [-0.4, -0.2) is 9.55 Å². The van der Waals surface area contributed by atoms with Crippen LogP contribution in [0.5, 0.6) is 0 Å². The Balaban J connectivity index is 2.11. The molecule has 0 bridgehead atoms. The van der Waals surface area contributed by atoms with Crippen LogP contribution in [0.4, 0.5) is 4.39 Å². The number of fused-ring (bicyclic) bond motifs is 1. The average molecular weight is 323 g/mol. The summed E-state index contributed by atoms with van der Waals surface area (Å²) in [5.74, 6) is -0.394. The Hall–Kier alpha value is -1.72. The molecule has 0 atom stereocenters. The van der Waals surface area contributed by atoms with E-state index >= 15 is 0 Å². The molecule has 0 radical (unpaired) electrons. The Morgan fingerprint density at radius 1 is 1.38 bits per heavy atom. The van der Waals surface area contributed by atoms with Gasteiger partial charge < -0.3 is 0 Å². The molecule has 0 amide bonds. The van der Waals surface area contributed by atoms with Crippen LogP contribution in [0.25, 0.3) is 10.2 Å². The molecule has 108 valence electrons. The van der Waals surface area contributed by atoms with E-state index in [2.05, 4.69) is 4.98 Å². The van der Waals surface area contributed by atoms with Crippen molar-refractivity contribution in [2.45, 2.75) is 20.4 Å². The van der Waals surface area contributed by atoms with Crippen LogP contribution in [0.15, 0.2) is 29.3 Å². The number of rotatable bonds is 2. The molecule has 3 nitrogen and oxygen atoms in total. The van der Waals surface area contributed by atoms with Gasteiger partial charge in [0.05, 0.1) is 18.3 Å². The largest absolute Gasteiger partial charge is 0.294 e. The van der Waals surface area contributed by atoms with Crippen molar-refractivity contribution in [3.8, 4) is 0 Å². The topological polar surface area (TPSA) is 34.9 Å². The first-order chi connectivity index (χ1) is 9.97. The van der Waals surface area contributed by atoms with Crippen molar-refractivity contribution < 1.29 is 4.39 Å². The molecule has 2 aromatic heterocycles. The van der Waals surface area contributed by atoms with Crippen LogP contribution in [-0.2, 0) is 6.54 Å². The minimum absolute atomic E-state index is 0.0951. The molecule has 6 heteroatoms. The highest BCUT2D eigenvalue weighted by Crippen LogP contribution is 2.25. The van der Waals surface area contributed by atoms with E-state index in [1.807, 2.05) is 13.8 Å². The van der Waals surface area contributed by atoms with Crippen LogP contribution < -0.4 is 5.56 Å². The van der Waals surface area contributed by atoms with Crippen molar-refractivity contribution in [1.29, 1.82) is 0 Å². The molecule has 1 aromatic carbocycles. The summed E-state index contributed by atoms with van der Waals surface area (Å²) in [6.45, 7) is 4.17. The fraction of sp³-hybridized carbons (Fsp3) is 0.200. The summed E-state index contributed by atoms with van der Waals surface area (Å²) in [5, 5.41) is 0.957. The number of hydrogen-bond acceptors (Lipinski definition) is 3. The molecule has 0 spiro atoms. The second-order valence-electron chi connectivity index (χ2n) is 4.88. The molecule has 0 saturated heterocycles. The summed E-state index contributed by atoms with van der Waals surface area (Å²) in [4.78, 5) is 18.7. The Bertz CT molecular complexity index is 901. The lowest BCUT2D eigenvalue weighted by Crippen LogP contribution is -2.21. The van der Waals surface area contributed by atoms with E-state index in [0.29, 0.717) is 16.0 Å². The predicted octanol–water partition coefficient (Wildman–Crippen LogP) is 3.92. The fourth-order valence-corrected chi connectivity index (χ4v) is 3.43. The van der Waals surface area contributed by atoms with Gasteiger partial charge >= 0.3 is 0 Å². The Morgan fingerprint density at radius 2 is 2.14 bits per heavy atom. The standard InChI is InChI=1S/C15H12ClFN2OS/c1-8-9(2)21-14-13(8)15(20)19(7-18-14)6-10-3-4-11(17)5-12(10)16/h3-5,7H,6H2,1-2H3. The molecule has 3 aromatic rings. The average Bonchev–Trinajstić information content (AvgIpc) is 2.72. The highest BCUT2D eigenvalue weighted by Gasteiger charge is 2.13. The van der Waals surface area contributed by atoms with Crippen LogP contribution in [0.3, 0.4) is 0 Å². The normalized spacial score (nSPS) is 11.2. The van der Waals surface area contributed by atoms with Gasteiger partial charge in [-0.1, -0.05) is 17.7 Å². The van der Waals surface area contributed by atoms with Crippen molar-refractivity contribution >= 4 is 33.2 Å². The maximum absolute atomic E-state index is 13.1. The van der Waals surface area contributed by atoms with Crippen LogP contribution >= 0.6 is 22.9 Å². The predicted molar refractivity (Wildman–Crippen MR) is 83.9 cm³/mol. The van der Waals surface area contributed by atoms with Crippen molar-refractivity contribution in [3.05, 3.63) is 61.7 Å². The molecule has 2 heterocycles. The smallest absolute Gasteiger partial charge is 0.262 e. The SMILES string of the molecule is Cc1sc2ncn(Cc3ccc(F)cc3Cl)c(=O)c2c1C. The first-order valence-corrected chi connectivity index (χ1v) is 7.56. The minimum atomic E-state index is -0.394. The third-order valence-electron chi connectivity index (χ3n) is 3.51. The Morgan fingerprint density at radius 3 is 2.86 bits per heavy atom.